The van der Waals surface area contributed by atoms with Crippen LogP contribution in [0.1, 0.15) is 166 Å². The summed E-state index contributed by atoms with van der Waals surface area (Å²) in [5.74, 6) is -0.623. The summed E-state index contributed by atoms with van der Waals surface area (Å²) in [6.45, 7) is 24.0. The molecule has 11 heteroatoms. The van der Waals surface area contributed by atoms with Crippen molar-refractivity contribution in [3.8, 4) is 23.0 Å². The summed E-state index contributed by atoms with van der Waals surface area (Å²) in [7, 11) is -6.14. The van der Waals surface area contributed by atoms with E-state index in [1.165, 1.54) is 0 Å². The predicted molar refractivity (Wildman–Crippen MR) is 269 cm³/mol. The Balaban J connectivity index is 0.000000474. The van der Waals surface area contributed by atoms with Crippen molar-refractivity contribution in [2.24, 2.45) is 0 Å². The van der Waals surface area contributed by atoms with Crippen LogP contribution in [-0.2, 0) is 57.5 Å². The smallest absolute Gasteiger partial charge is 0.507 e. The Bertz CT molecular complexity index is 2820. The maximum absolute atomic E-state index is 14.1. The Kier molecular flexibility index (Phi) is 14.4. The maximum atomic E-state index is 14.1. The summed E-state index contributed by atoms with van der Waals surface area (Å²) >= 11 is 0. The fourth-order valence-corrected chi connectivity index (χ4v) is 8.80. The zero-order valence-electron chi connectivity index (χ0n) is 41.7. The minimum Gasteiger partial charge on any atom is -0.507 e. The van der Waals surface area contributed by atoms with Gasteiger partial charge in [0.2, 0.25) is 0 Å². The molecule has 7 rings (SSSR count). The minimum absolute atomic E-state index is 0.0393. The number of aromatic hydroxyl groups is 3. The van der Waals surface area contributed by atoms with Crippen molar-refractivity contribution in [3.05, 3.63) is 187 Å². The highest BCUT2D eigenvalue weighted by molar-refractivity contribution is 7.88. The SMILES string of the molecule is CC(C)(C)c1cc2c(O)c(c1)Cc1cc(C(C)(C)C)cc(c1O)Cc1cc(C(C)(C)C)cc(c1OS(=O)(=O)C(F)(F)F)Cc1cc(C(C)(C)C)cc(c1O)C2.O=C(c1ccccc1)c1ccccc1. The second-order valence-electron chi connectivity index (χ2n) is 22.3. The van der Waals surface area contributed by atoms with Crippen LogP contribution in [0.15, 0.2) is 109 Å². The van der Waals surface area contributed by atoms with Gasteiger partial charge in [-0.05, 0) is 77.3 Å². The standard InChI is InChI=1S/C45H55F3O6S.C13H10O/c1-41(2,3)33-17-25-13-27-19-34(42(4,5)6)21-29(38(27)50)15-31-23-36(44(10,11)12)24-32(40(31)54-55(52,53)45(46,47)48)16-30-22-35(43(7,8)9)20-28(39(30)51)14-26(18-33)37(25)49;14-13(11-7-3-1-4-8-11)12-9-5-2-6-10-12/h17-24,49-51H,13-16H2,1-12H3;1-10H. The van der Waals surface area contributed by atoms with Gasteiger partial charge in [-0.2, -0.15) is 21.6 Å². The quantitative estimate of drug-likeness (QED) is 0.0912. The van der Waals surface area contributed by atoms with E-state index in [9.17, 15) is 41.7 Å². The summed E-state index contributed by atoms with van der Waals surface area (Å²) in [6, 6.07) is 33.1. The van der Waals surface area contributed by atoms with E-state index >= 15 is 0 Å². The van der Waals surface area contributed by atoms with E-state index in [1.807, 2.05) is 147 Å². The van der Waals surface area contributed by atoms with Crippen LogP contribution in [0.4, 0.5) is 13.2 Å². The molecule has 6 aromatic carbocycles. The molecule has 0 aromatic heterocycles. The number of carbonyl (C=O) groups excluding carboxylic acids is 1. The number of phenolic OH excluding ortho intramolecular Hbond substituents is 3. The molecule has 0 heterocycles. The van der Waals surface area contributed by atoms with Crippen molar-refractivity contribution >= 4 is 15.9 Å². The Hall–Kier alpha value is -6.07. The highest BCUT2D eigenvalue weighted by Gasteiger charge is 2.49. The number of hydrogen-bond donors (Lipinski definition) is 3. The van der Waals surface area contributed by atoms with Gasteiger partial charge in [-0.3, -0.25) is 4.79 Å². The normalized spacial score (nSPS) is 13.6. The number of ketones is 1. The average molecular weight is 963 g/mol. The van der Waals surface area contributed by atoms with Crippen LogP contribution < -0.4 is 4.18 Å². The molecule has 0 fully saturated rings. The molecule has 0 radical (unpaired) electrons. The Morgan fingerprint density at radius 1 is 0.435 bits per heavy atom. The van der Waals surface area contributed by atoms with Crippen molar-refractivity contribution in [1.82, 2.24) is 0 Å². The number of hydrogen-bond acceptors (Lipinski definition) is 7. The van der Waals surface area contributed by atoms with E-state index in [-0.39, 0.29) is 65.3 Å². The molecule has 0 atom stereocenters. The van der Waals surface area contributed by atoms with Gasteiger partial charge in [0.15, 0.2) is 5.78 Å². The third-order valence-corrected chi connectivity index (χ3v) is 13.5. The lowest BCUT2D eigenvalue weighted by Gasteiger charge is -2.27. The minimum atomic E-state index is -6.14. The van der Waals surface area contributed by atoms with Crippen LogP contribution in [-0.4, -0.2) is 35.0 Å². The highest BCUT2D eigenvalue weighted by Crippen LogP contribution is 2.44. The van der Waals surface area contributed by atoms with Crippen LogP contribution in [0, 0.1) is 0 Å². The van der Waals surface area contributed by atoms with Crippen molar-refractivity contribution in [2.75, 3.05) is 0 Å². The summed E-state index contributed by atoms with van der Waals surface area (Å²) in [6.07, 6.45) is -0.129. The Morgan fingerprint density at radius 3 is 0.899 bits per heavy atom. The Labute approximate surface area is 406 Å². The summed E-state index contributed by atoms with van der Waals surface area (Å²) in [5, 5.41) is 36.0. The topological polar surface area (TPSA) is 121 Å². The van der Waals surface area contributed by atoms with E-state index < -0.39 is 37.6 Å². The van der Waals surface area contributed by atoms with E-state index in [0.29, 0.717) is 38.9 Å². The number of rotatable bonds is 4. The predicted octanol–water partition coefficient (Wildman–Crippen LogP) is 13.8. The van der Waals surface area contributed by atoms with E-state index in [4.69, 9.17) is 4.18 Å². The summed E-state index contributed by atoms with van der Waals surface area (Å²) in [5.41, 5.74) is 0.389. The number of alkyl halides is 3. The molecule has 3 N–H and O–H groups in total. The Morgan fingerprint density at radius 2 is 0.667 bits per heavy atom. The lowest BCUT2D eigenvalue weighted by molar-refractivity contribution is -0.0500. The molecule has 366 valence electrons. The zero-order valence-corrected chi connectivity index (χ0v) is 42.6. The second-order valence-corrected chi connectivity index (χ2v) is 23.8. The second kappa shape index (κ2) is 19.0. The molecule has 0 spiro atoms. The van der Waals surface area contributed by atoms with Gasteiger partial charge in [-0.25, -0.2) is 0 Å². The molecule has 0 saturated heterocycles. The molecule has 0 unspecified atom stereocenters. The van der Waals surface area contributed by atoms with Crippen LogP contribution >= 0.6 is 0 Å². The molecule has 1 aliphatic rings. The molecule has 0 aliphatic heterocycles. The van der Waals surface area contributed by atoms with Gasteiger partial charge >= 0.3 is 15.6 Å². The molecule has 8 bridgehead atoms. The molecule has 0 saturated carbocycles. The van der Waals surface area contributed by atoms with Gasteiger partial charge in [0, 0.05) is 47.9 Å². The van der Waals surface area contributed by atoms with Crippen LogP contribution in [0.5, 0.6) is 23.0 Å². The summed E-state index contributed by atoms with van der Waals surface area (Å²) in [4.78, 5) is 11.8. The fraction of sp³-hybridized carbons (Fsp3) is 0.362. The van der Waals surface area contributed by atoms with Crippen LogP contribution in [0.2, 0.25) is 0 Å². The van der Waals surface area contributed by atoms with Crippen molar-refractivity contribution < 1.29 is 45.9 Å². The van der Waals surface area contributed by atoms with Crippen molar-refractivity contribution in [2.45, 2.75) is 136 Å². The average Bonchev–Trinajstić information content (AvgIpc) is 3.24. The molecule has 0 amide bonds. The lowest BCUT2D eigenvalue weighted by Crippen LogP contribution is -2.29. The highest BCUT2D eigenvalue weighted by atomic mass is 32.2. The van der Waals surface area contributed by atoms with E-state index in [2.05, 4.69) is 20.8 Å². The molecule has 1 aliphatic carbocycles. The number of fused-ring (bicyclic) bond motifs is 8. The van der Waals surface area contributed by atoms with Crippen LogP contribution in [0.3, 0.4) is 0 Å². The van der Waals surface area contributed by atoms with Gasteiger partial charge in [-0.1, -0.05) is 192 Å². The van der Waals surface area contributed by atoms with Crippen molar-refractivity contribution in [1.29, 1.82) is 0 Å². The van der Waals surface area contributed by atoms with E-state index in [1.54, 1.807) is 24.3 Å². The molecule has 7 nitrogen and oxygen atoms in total. The first-order chi connectivity index (χ1) is 31.7. The number of benzene rings is 6. The third kappa shape index (κ3) is 12.0. The number of carbonyl (C=O) groups is 1. The van der Waals surface area contributed by atoms with Gasteiger partial charge in [0.1, 0.15) is 23.0 Å². The van der Waals surface area contributed by atoms with E-state index in [0.717, 1.165) is 27.8 Å². The van der Waals surface area contributed by atoms with Gasteiger partial charge in [0.05, 0.1) is 0 Å². The first-order valence-electron chi connectivity index (χ1n) is 23.1. The van der Waals surface area contributed by atoms with Gasteiger partial charge in [0.25, 0.3) is 0 Å². The lowest BCUT2D eigenvalue weighted by atomic mass is 9.79. The molecule has 6 aromatic rings. The first kappa shape index (κ1) is 52.3. The van der Waals surface area contributed by atoms with Gasteiger partial charge in [-0.15, -0.1) is 0 Å². The number of phenols is 3. The largest absolute Gasteiger partial charge is 0.534 e. The van der Waals surface area contributed by atoms with Crippen LogP contribution in [0.25, 0.3) is 0 Å². The monoisotopic (exact) mass is 962 g/mol. The zero-order chi connectivity index (χ0) is 51.2. The summed E-state index contributed by atoms with van der Waals surface area (Å²) < 4.78 is 72.9. The van der Waals surface area contributed by atoms with Crippen molar-refractivity contribution in [3.63, 3.8) is 0 Å². The maximum Gasteiger partial charge on any atom is 0.534 e. The third-order valence-electron chi connectivity index (χ3n) is 12.6. The fourth-order valence-electron chi connectivity index (χ4n) is 8.27. The molecular weight excluding hydrogens is 898 g/mol. The molecular formula is C58H65F3O7S. The van der Waals surface area contributed by atoms with Gasteiger partial charge < -0.3 is 19.5 Å². The first-order valence-corrected chi connectivity index (χ1v) is 24.5. The molecule has 69 heavy (non-hydrogen) atoms. The number of halogens is 3.